The van der Waals surface area contributed by atoms with Crippen LogP contribution in [0.2, 0.25) is 5.02 Å². The number of carbonyl (C=O) groups is 2. The molecule has 0 atom stereocenters. The van der Waals surface area contributed by atoms with Crippen LogP contribution in [-0.4, -0.2) is 17.0 Å². The Hall–Kier alpha value is -1.12. The Kier molecular flexibility index (Phi) is 4.43. The average Bonchev–Trinajstić information content (AvgIpc) is 2.82. The second-order valence-corrected chi connectivity index (χ2v) is 6.23. The van der Waals surface area contributed by atoms with Crippen molar-refractivity contribution in [3.8, 4) is 0 Å². The highest BCUT2D eigenvalue weighted by Gasteiger charge is 2.14. The first kappa shape index (κ1) is 14.3. The zero-order chi connectivity index (χ0) is 14.0. The molecule has 1 aromatic heterocycles. The van der Waals surface area contributed by atoms with Crippen LogP contribution in [-0.2, 0) is 0 Å². The first-order chi connectivity index (χ1) is 8.97. The van der Waals surface area contributed by atoms with Gasteiger partial charge >= 0.3 is 5.97 Å². The summed E-state index contributed by atoms with van der Waals surface area (Å²) in [6, 6.07) is 8.01. The Balaban J connectivity index is 2.18. The van der Waals surface area contributed by atoms with Crippen molar-refractivity contribution >= 4 is 63.1 Å². The van der Waals surface area contributed by atoms with E-state index in [9.17, 15) is 9.59 Å². The molecular weight excluding hydrogens is 401 g/mol. The monoisotopic (exact) mass is 407 g/mol. The Morgan fingerprint density at radius 1 is 1.21 bits per heavy atom. The van der Waals surface area contributed by atoms with Gasteiger partial charge in [0.1, 0.15) is 4.88 Å². The highest BCUT2D eigenvalue weighted by atomic mass is 127. The van der Waals surface area contributed by atoms with Gasteiger partial charge in [-0.2, -0.15) is 0 Å². The predicted molar refractivity (Wildman–Crippen MR) is 83.4 cm³/mol. The minimum atomic E-state index is -1.04. The first-order valence-corrected chi connectivity index (χ1v) is 7.34. The number of amides is 1. The van der Waals surface area contributed by atoms with Gasteiger partial charge in [0.2, 0.25) is 0 Å². The molecule has 0 fully saturated rings. The molecular formula is C12H7ClINO3S. The van der Waals surface area contributed by atoms with Crippen LogP contribution in [0.15, 0.2) is 30.3 Å². The van der Waals surface area contributed by atoms with E-state index < -0.39 is 5.97 Å². The Morgan fingerprint density at radius 2 is 1.89 bits per heavy atom. The number of aromatic carboxylic acids is 1. The topological polar surface area (TPSA) is 66.4 Å². The Morgan fingerprint density at radius 3 is 2.47 bits per heavy atom. The Bertz CT molecular complexity index is 656. The second kappa shape index (κ2) is 5.89. The third-order valence-electron chi connectivity index (χ3n) is 2.22. The average molecular weight is 408 g/mol. The third-order valence-corrected chi connectivity index (χ3v) is 4.42. The molecule has 0 aliphatic heterocycles. The summed E-state index contributed by atoms with van der Waals surface area (Å²) in [5.41, 5.74) is 0.639. The van der Waals surface area contributed by atoms with E-state index >= 15 is 0 Å². The van der Waals surface area contributed by atoms with Crippen LogP contribution in [0.1, 0.15) is 19.3 Å². The molecule has 0 spiro atoms. The largest absolute Gasteiger partial charge is 0.477 e. The maximum atomic E-state index is 12.0. The van der Waals surface area contributed by atoms with Gasteiger partial charge in [-0.15, -0.1) is 11.3 Å². The zero-order valence-corrected chi connectivity index (χ0v) is 13.0. The number of rotatable bonds is 3. The maximum absolute atomic E-state index is 12.0. The second-order valence-electron chi connectivity index (χ2n) is 3.55. The number of anilines is 1. The van der Waals surface area contributed by atoms with E-state index in [-0.39, 0.29) is 10.8 Å². The fourth-order valence-electron chi connectivity index (χ4n) is 1.35. The van der Waals surface area contributed by atoms with E-state index in [1.54, 1.807) is 18.2 Å². The molecule has 0 aliphatic carbocycles. The van der Waals surface area contributed by atoms with E-state index in [1.165, 1.54) is 12.1 Å². The fourth-order valence-corrected chi connectivity index (χ4v) is 3.10. The quantitative estimate of drug-likeness (QED) is 0.757. The van der Waals surface area contributed by atoms with E-state index in [0.717, 1.165) is 14.9 Å². The van der Waals surface area contributed by atoms with Crippen LogP contribution in [0.3, 0.4) is 0 Å². The lowest BCUT2D eigenvalue weighted by Gasteiger charge is -2.06. The molecule has 1 heterocycles. The summed E-state index contributed by atoms with van der Waals surface area (Å²) in [6.07, 6.45) is 0. The smallest absolute Gasteiger partial charge is 0.345 e. The summed E-state index contributed by atoms with van der Waals surface area (Å²) in [5.74, 6) is -1.37. The number of benzene rings is 1. The number of nitrogens with one attached hydrogen (secondary N) is 1. The van der Waals surface area contributed by atoms with Crippen LogP contribution >= 0.6 is 45.5 Å². The van der Waals surface area contributed by atoms with Gasteiger partial charge in [0, 0.05) is 8.59 Å². The minimum absolute atomic E-state index is 0.135. The predicted octanol–water partition coefficient (Wildman–Crippen LogP) is 3.96. The van der Waals surface area contributed by atoms with Crippen molar-refractivity contribution in [3.05, 3.63) is 48.7 Å². The maximum Gasteiger partial charge on any atom is 0.345 e. The molecule has 2 rings (SSSR count). The number of halogens is 2. The molecule has 0 aliphatic rings. The zero-order valence-electron chi connectivity index (χ0n) is 9.31. The molecule has 7 heteroatoms. The van der Waals surface area contributed by atoms with E-state index in [0.29, 0.717) is 15.6 Å². The van der Waals surface area contributed by atoms with Gasteiger partial charge in [-0.25, -0.2) is 4.79 Å². The highest BCUT2D eigenvalue weighted by molar-refractivity contribution is 14.1. The van der Waals surface area contributed by atoms with Crippen molar-refractivity contribution in [2.24, 2.45) is 0 Å². The summed E-state index contributed by atoms with van der Waals surface area (Å²) in [4.78, 5) is 23.2. The van der Waals surface area contributed by atoms with Gasteiger partial charge in [-0.1, -0.05) is 11.6 Å². The van der Waals surface area contributed by atoms with Crippen LogP contribution in [0.25, 0.3) is 0 Å². The molecule has 0 unspecified atom stereocenters. The molecule has 0 bridgehead atoms. The van der Waals surface area contributed by atoms with Crippen molar-refractivity contribution in [3.63, 3.8) is 0 Å². The van der Waals surface area contributed by atoms with Crippen LogP contribution in [0, 0.1) is 3.57 Å². The standard InChI is InChI=1S/C12H7ClINO3S/c13-6-1-2-8(7(14)5-6)15-11(16)9-3-4-10(19-9)12(17)18/h1-5H,(H,15,16)(H,17,18). The Labute approximate surface area is 131 Å². The molecule has 19 heavy (non-hydrogen) atoms. The lowest BCUT2D eigenvalue weighted by Crippen LogP contribution is -2.11. The minimum Gasteiger partial charge on any atom is -0.477 e. The molecule has 1 aromatic carbocycles. The lowest BCUT2D eigenvalue weighted by molar-refractivity contribution is 0.0702. The molecule has 0 radical (unpaired) electrons. The molecule has 1 amide bonds. The number of hydrogen-bond acceptors (Lipinski definition) is 3. The summed E-state index contributed by atoms with van der Waals surface area (Å²) in [7, 11) is 0. The van der Waals surface area contributed by atoms with Gasteiger partial charge < -0.3 is 10.4 Å². The number of thiophene rings is 1. The number of carboxylic acids is 1. The van der Waals surface area contributed by atoms with Crippen molar-refractivity contribution in [2.75, 3.05) is 5.32 Å². The van der Waals surface area contributed by atoms with Crippen LogP contribution in [0.4, 0.5) is 5.69 Å². The normalized spacial score (nSPS) is 10.2. The fraction of sp³-hybridized carbons (Fsp3) is 0. The van der Waals surface area contributed by atoms with Gasteiger partial charge in [0.05, 0.1) is 10.6 Å². The van der Waals surface area contributed by atoms with Crippen molar-refractivity contribution in [2.45, 2.75) is 0 Å². The van der Waals surface area contributed by atoms with E-state index in [2.05, 4.69) is 27.9 Å². The summed E-state index contributed by atoms with van der Waals surface area (Å²) in [6.45, 7) is 0. The van der Waals surface area contributed by atoms with E-state index in [1.807, 2.05) is 0 Å². The molecule has 4 nitrogen and oxygen atoms in total. The summed E-state index contributed by atoms with van der Waals surface area (Å²) < 4.78 is 0.813. The molecule has 2 N–H and O–H groups in total. The van der Waals surface area contributed by atoms with Crippen LogP contribution < -0.4 is 5.32 Å². The van der Waals surface area contributed by atoms with Crippen molar-refractivity contribution < 1.29 is 14.7 Å². The molecule has 0 saturated heterocycles. The van der Waals surface area contributed by atoms with Gasteiger partial charge in [-0.3, -0.25) is 4.79 Å². The van der Waals surface area contributed by atoms with Gasteiger partial charge in [0.25, 0.3) is 5.91 Å². The van der Waals surface area contributed by atoms with Crippen molar-refractivity contribution in [1.82, 2.24) is 0 Å². The SMILES string of the molecule is O=C(O)c1ccc(C(=O)Nc2ccc(Cl)cc2I)s1. The van der Waals surface area contributed by atoms with Crippen molar-refractivity contribution in [1.29, 1.82) is 0 Å². The number of carbonyl (C=O) groups excluding carboxylic acids is 1. The van der Waals surface area contributed by atoms with Gasteiger partial charge in [-0.05, 0) is 52.9 Å². The summed E-state index contributed by atoms with van der Waals surface area (Å²) in [5, 5.41) is 12.1. The van der Waals surface area contributed by atoms with Crippen LogP contribution in [0.5, 0.6) is 0 Å². The highest BCUT2D eigenvalue weighted by Crippen LogP contribution is 2.24. The molecule has 0 saturated carbocycles. The summed E-state index contributed by atoms with van der Waals surface area (Å²) >= 11 is 8.83. The lowest BCUT2D eigenvalue weighted by atomic mass is 10.3. The van der Waals surface area contributed by atoms with E-state index in [4.69, 9.17) is 16.7 Å². The molecule has 2 aromatic rings. The number of hydrogen-bond donors (Lipinski definition) is 2. The van der Waals surface area contributed by atoms with Gasteiger partial charge in [0.15, 0.2) is 0 Å². The molecule has 98 valence electrons. The third kappa shape index (κ3) is 3.46. The first-order valence-electron chi connectivity index (χ1n) is 5.07. The number of carboxylic acid groups (broad SMARTS) is 1.